The van der Waals surface area contributed by atoms with E-state index in [4.69, 9.17) is 0 Å². The molecule has 1 aliphatic heterocycles. The zero-order valence-corrected chi connectivity index (χ0v) is 11.2. The molecule has 102 valence electrons. The van der Waals surface area contributed by atoms with Gasteiger partial charge in [-0.2, -0.15) is 0 Å². The molecular weight excluding hydrogens is 268 g/mol. The molecule has 0 saturated heterocycles. The van der Waals surface area contributed by atoms with Gasteiger partial charge in [0.2, 0.25) is 5.78 Å². The van der Waals surface area contributed by atoms with Crippen LogP contribution < -0.4 is 5.56 Å². The van der Waals surface area contributed by atoms with E-state index in [1.54, 1.807) is 6.07 Å². The van der Waals surface area contributed by atoms with Gasteiger partial charge in [0.1, 0.15) is 0 Å². The van der Waals surface area contributed by atoms with E-state index in [0.717, 1.165) is 12.0 Å². The third-order valence-corrected chi connectivity index (χ3v) is 3.67. The van der Waals surface area contributed by atoms with Crippen LogP contribution in [0.1, 0.15) is 28.7 Å². The summed E-state index contributed by atoms with van der Waals surface area (Å²) in [7, 11) is 0. The first kappa shape index (κ1) is 11.9. The van der Waals surface area contributed by atoms with E-state index in [9.17, 15) is 9.59 Å². The smallest absolute Gasteiger partial charge is 0.285 e. The Bertz CT molecular complexity index is 975. The molecule has 3 aromatic rings. The van der Waals surface area contributed by atoms with Crippen molar-refractivity contribution in [2.24, 2.45) is 0 Å². The summed E-state index contributed by atoms with van der Waals surface area (Å²) < 4.78 is 1.33. The first-order chi connectivity index (χ1) is 10.2. The lowest BCUT2D eigenvalue weighted by atomic mass is 10.1. The molecule has 0 radical (unpaired) electrons. The molecule has 4 rings (SSSR count). The molecule has 0 atom stereocenters. The van der Waals surface area contributed by atoms with Gasteiger partial charge in [0.05, 0.1) is 11.3 Å². The largest absolute Gasteiger partial charge is 0.286 e. The Kier molecular flexibility index (Phi) is 2.29. The lowest BCUT2D eigenvalue weighted by Crippen LogP contribution is -2.22. The normalized spacial score (nSPS) is 12.5. The van der Waals surface area contributed by atoms with E-state index in [1.807, 2.05) is 19.1 Å². The van der Waals surface area contributed by atoms with Crippen LogP contribution in [0.5, 0.6) is 0 Å². The molecule has 2 aromatic heterocycles. The average molecular weight is 278 g/mol. The number of hydrogen-bond donors (Lipinski definition) is 0. The van der Waals surface area contributed by atoms with Crippen LogP contribution in [0, 0.1) is 0 Å². The minimum absolute atomic E-state index is 0.108. The second kappa shape index (κ2) is 4.05. The quantitative estimate of drug-likeness (QED) is 0.524. The van der Waals surface area contributed by atoms with E-state index in [2.05, 4.69) is 15.0 Å². The third kappa shape index (κ3) is 1.50. The van der Waals surface area contributed by atoms with E-state index >= 15 is 0 Å². The van der Waals surface area contributed by atoms with Gasteiger partial charge in [-0.25, -0.2) is 15.0 Å². The fraction of sp³-hybridized carbons (Fsp3) is 0.133. The highest BCUT2D eigenvalue weighted by Crippen LogP contribution is 2.26. The summed E-state index contributed by atoms with van der Waals surface area (Å²) >= 11 is 0. The van der Waals surface area contributed by atoms with Crippen LogP contribution in [0.3, 0.4) is 0 Å². The number of fused-ring (bicyclic) bond motifs is 4. The predicted molar refractivity (Wildman–Crippen MR) is 75.7 cm³/mol. The molecule has 0 fully saturated rings. The first-order valence-corrected chi connectivity index (χ1v) is 6.62. The van der Waals surface area contributed by atoms with Crippen molar-refractivity contribution in [2.45, 2.75) is 13.3 Å². The van der Waals surface area contributed by atoms with Crippen molar-refractivity contribution < 1.29 is 4.79 Å². The van der Waals surface area contributed by atoms with Gasteiger partial charge in [0.25, 0.3) is 5.56 Å². The molecule has 0 bridgehead atoms. The van der Waals surface area contributed by atoms with Gasteiger partial charge >= 0.3 is 0 Å². The molecule has 21 heavy (non-hydrogen) atoms. The van der Waals surface area contributed by atoms with Gasteiger partial charge in [-0.15, -0.1) is 0 Å². The van der Waals surface area contributed by atoms with E-state index < -0.39 is 0 Å². The van der Waals surface area contributed by atoms with E-state index in [1.165, 1.54) is 17.0 Å². The summed E-state index contributed by atoms with van der Waals surface area (Å²) in [6.45, 7) is 2.01. The lowest BCUT2D eigenvalue weighted by molar-refractivity contribution is 0.103. The molecular formula is C15H10N4O2. The Morgan fingerprint density at radius 3 is 2.76 bits per heavy atom. The molecule has 6 heteroatoms. The van der Waals surface area contributed by atoms with Gasteiger partial charge in [0, 0.05) is 12.4 Å². The monoisotopic (exact) mass is 278 g/mol. The number of ketones is 1. The third-order valence-electron chi connectivity index (χ3n) is 3.67. The molecule has 3 heterocycles. The fourth-order valence-corrected chi connectivity index (χ4v) is 2.59. The summed E-state index contributed by atoms with van der Waals surface area (Å²) in [4.78, 5) is 37.3. The van der Waals surface area contributed by atoms with Crippen molar-refractivity contribution >= 4 is 16.9 Å². The number of benzene rings is 1. The van der Waals surface area contributed by atoms with Crippen LogP contribution in [0.4, 0.5) is 0 Å². The summed E-state index contributed by atoms with van der Waals surface area (Å²) in [6, 6.07) is 5.51. The van der Waals surface area contributed by atoms with Crippen LogP contribution in [0.2, 0.25) is 0 Å². The Balaban J connectivity index is 2.13. The minimum atomic E-state index is -0.362. The van der Waals surface area contributed by atoms with Crippen LogP contribution in [-0.2, 0) is 6.42 Å². The highest BCUT2D eigenvalue weighted by Gasteiger charge is 2.30. The molecule has 0 N–H and O–H groups in total. The zero-order chi connectivity index (χ0) is 14.6. The average Bonchev–Trinajstić information content (AvgIpc) is 2.80. The second-order valence-corrected chi connectivity index (χ2v) is 4.84. The van der Waals surface area contributed by atoms with Crippen LogP contribution in [0.15, 0.2) is 35.4 Å². The number of aryl methyl sites for hydroxylation is 1. The molecule has 1 aliphatic rings. The Morgan fingerprint density at radius 2 is 1.95 bits per heavy atom. The zero-order valence-electron chi connectivity index (χ0n) is 11.2. The Labute approximate surface area is 119 Å². The topological polar surface area (TPSA) is 77.7 Å². The van der Waals surface area contributed by atoms with Gasteiger partial charge in [0.15, 0.2) is 17.0 Å². The number of carbonyl (C=O) groups excluding carboxylic acids is 1. The Hall–Kier alpha value is -2.89. The summed E-state index contributed by atoms with van der Waals surface area (Å²) in [5, 5.41) is 0. The SMILES string of the molecule is CCc1ccc2c(c1)C(=O)c1nc3nccnc3c(=O)n1-2. The standard InChI is InChI=1S/C15H10N4O2/c1-2-8-3-4-10-9(7-8)12(20)14-18-13-11(15(21)19(10)14)16-5-6-17-13/h3-7H,2H2,1H3. The van der Waals surface area contributed by atoms with Crippen molar-refractivity contribution in [3.8, 4) is 5.69 Å². The number of nitrogens with zero attached hydrogens (tertiary/aromatic N) is 4. The van der Waals surface area contributed by atoms with Gasteiger partial charge in [-0.3, -0.25) is 14.2 Å². The van der Waals surface area contributed by atoms with Crippen LogP contribution in [-0.4, -0.2) is 25.3 Å². The van der Waals surface area contributed by atoms with E-state index in [-0.39, 0.29) is 28.3 Å². The summed E-state index contributed by atoms with van der Waals surface area (Å²) in [5.74, 6) is -0.138. The van der Waals surface area contributed by atoms with E-state index in [0.29, 0.717) is 11.3 Å². The van der Waals surface area contributed by atoms with Crippen molar-refractivity contribution in [3.63, 3.8) is 0 Å². The summed E-state index contributed by atoms with van der Waals surface area (Å²) in [6.07, 6.45) is 3.72. The molecule has 0 spiro atoms. The highest BCUT2D eigenvalue weighted by atomic mass is 16.1. The molecule has 6 nitrogen and oxygen atoms in total. The predicted octanol–water partition coefficient (Wildman–Crippen LogP) is 1.28. The highest BCUT2D eigenvalue weighted by molar-refractivity contribution is 6.13. The number of aromatic nitrogens is 4. The van der Waals surface area contributed by atoms with Crippen LogP contribution >= 0.6 is 0 Å². The number of rotatable bonds is 1. The number of carbonyl (C=O) groups is 1. The second-order valence-electron chi connectivity index (χ2n) is 4.84. The first-order valence-electron chi connectivity index (χ1n) is 6.62. The van der Waals surface area contributed by atoms with Gasteiger partial charge in [-0.05, 0) is 24.1 Å². The lowest BCUT2D eigenvalue weighted by Gasteiger charge is -2.04. The number of hydrogen-bond acceptors (Lipinski definition) is 5. The molecule has 1 aromatic carbocycles. The summed E-state index contributed by atoms with van der Waals surface area (Å²) in [5.41, 5.74) is 2.13. The van der Waals surface area contributed by atoms with Crippen molar-refractivity contribution in [3.05, 3.63) is 57.9 Å². The van der Waals surface area contributed by atoms with Gasteiger partial charge in [-0.1, -0.05) is 13.0 Å². The fourth-order valence-electron chi connectivity index (χ4n) is 2.59. The maximum Gasteiger partial charge on any atom is 0.286 e. The van der Waals surface area contributed by atoms with Crippen molar-refractivity contribution in [1.82, 2.24) is 19.5 Å². The van der Waals surface area contributed by atoms with Gasteiger partial charge < -0.3 is 0 Å². The molecule has 0 unspecified atom stereocenters. The maximum atomic E-state index is 12.6. The Morgan fingerprint density at radius 1 is 1.14 bits per heavy atom. The molecule has 0 amide bonds. The van der Waals surface area contributed by atoms with Crippen molar-refractivity contribution in [2.75, 3.05) is 0 Å². The minimum Gasteiger partial charge on any atom is -0.285 e. The van der Waals surface area contributed by atoms with Crippen molar-refractivity contribution in [1.29, 1.82) is 0 Å². The maximum absolute atomic E-state index is 12.6. The molecule has 0 saturated carbocycles. The van der Waals surface area contributed by atoms with Crippen LogP contribution in [0.25, 0.3) is 16.9 Å². The molecule has 0 aliphatic carbocycles.